The molecule has 0 nitrogen and oxygen atoms in total. The van der Waals surface area contributed by atoms with Crippen molar-refractivity contribution in [2.45, 2.75) is 26.1 Å². The first-order valence-electron chi connectivity index (χ1n) is 6.17. The van der Waals surface area contributed by atoms with E-state index in [9.17, 15) is 13.2 Å². The lowest BCUT2D eigenvalue weighted by Gasteiger charge is -2.17. The van der Waals surface area contributed by atoms with Crippen LogP contribution in [0.5, 0.6) is 0 Å². The Kier molecular flexibility index (Phi) is 4.09. The molecule has 0 saturated heterocycles. The average molecular weight is 299 g/mol. The summed E-state index contributed by atoms with van der Waals surface area (Å²) in [6.45, 7) is 5.74. The highest BCUT2D eigenvalue weighted by molar-refractivity contribution is 6.22. The molecule has 0 spiro atoms. The Hall–Kier alpha value is -1.48. The second-order valence-electron chi connectivity index (χ2n) is 4.97. The normalized spacial score (nSPS) is 12.6. The second-order valence-corrected chi connectivity index (χ2v) is 5.41. The van der Waals surface area contributed by atoms with Crippen LogP contribution in [0.3, 0.4) is 0 Å². The summed E-state index contributed by atoms with van der Waals surface area (Å²) < 4.78 is 39.6. The molecule has 0 N–H and O–H groups in total. The van der Waals surface area contributed by atoms with Crippen LogP contribution in [0.4, 0.5) is 13.2 Å². The van der Waals surface area contributed by atoms with E-state index < -0.39 is 22.8 Å². The third-order valence-electron chi connectivity index (χ3n) is 3.29. The molecule has 0 radical (unpaired) electrons. The lowest BCUT2D eigenvalue weighted by molar-refractivity contribution is 0.445. The number of benzene rings is 2. The van der Waals surface area contributed by atoms with Gasteiger partial charge in [-0.15, -0.1) is 11.6 Å². The predicted molar refractivity (Wildman–Crippen MR) is 74.7 cm³/mol. The minimum absolute atomic E-state index is 0.207. The van der Waals surface area contributed by atoms with Crippen molar-refractivity contribution in [3.05, 3.63) is 69.5 Å². The molecule has 0 aliphatic carbocycles. The Morgan fingerprint density at radius 3 is 1.75 bits per heavy atom. The number of halogens is 4. The lowest BCUT2D eigenvalue weighted by atomic mass is 9.93. The average Bonchev–Trinajstić information content (AvgIpc) is 2.33. The van der Waals surface area contributed by atoms with Crippen LogP contribution in [0, 0.1) is 38.2 Å². The molecular formula is C16H14ClF3. The van der Waals surface area contributed by atoms with Gasteiger partial charge in [-0.2, -0.15) is 0 Å². The van der Waals surface area contributed by atoms with E-state index >= 15 is 0 Å². The van der Waals surface area contributed by atoms with Crippen molar-refractivity contribution in [2.75, 3.05) is 0 Å². The monoisotopic (exact) mass is 298 g/mol. The summed E-state index contributed by atoms with van der Waals surface area (Å²) in [7, 11) is 0. The molecule has 2 aromatic carbocycles. The highest BCUT2D eigenvalue weighted by atomic mass is 35.5. The maximum atomic E-state index is 13.3. The quantitative estimate of drug-likeness (QED) is 0.517. The van der Waals surface area contributed by atoms with Crippen LogP contribution >= 0.6 is 11.6 Å². The van der Waals surface area contributed by atoms with E-state index in [-0.39, 0.29) is 5.56 Å². The number of alkyl halides is 1. The Labute approximate surface area is 121 Å². The zero-order chi connectivity index (χ0) is 15.0. The highest BCUT2D eigenvalue weighted by Crippen LogP contribution is 2.35. The maximum Gasteiger partial charge on any atom is 0.194 e. The minimum Gasteiger partial charge on any atom is -0.204 e. The van der Waals surface area contributed by atoms with Crippen LogP contribution < -0.4 is 0 Å². The summed E-state index contributed by atoms with van der Waals surface area (Å²) in [4.78, 5) is 0. The summed E-state index contributed by atoms with van der Waals surface area (Å²) in [6.07, 6.45) is 0. The lowest BCUT2D eigenvalue weighted by Crippen LogP contribution is -2.03. The van der Waals surface area contributed by atoms with Gasteiger partial charge in [-0.1, -0.05) is 17.7 Å². The van der Waals surface area contributed by atoms with Crippen LogP contribution in [-0.2, 0) is 0 Å². The first-order chi connectivity index (χ1) is 9.31. The van der Waals surface area contributed by atoms with Gasteiger partial charge in [0.15, 0.2) is 17.5 Å². The van der Waals surface area contributed by atoms with E-state index in [1.165, 1.54) is 0 Å². The van der Waals surface area contributed by atoms with E-state index in [1.807, 2.05) is 32.9 Å². The van der Waals surface area contributed by atoms with Crippen molar-refractivity contribution in [3.63, 3.8) is 0 Å². The van der Waals surface area contributed by atoms with Crippen molar-refractivity contribution in [1.82, 2.24) is 0 Å². The van der Waals surface area contributed by atoms with Gasteiger partial charge in [0.1, 0.15) is 0 Å². The molecule has 0 amide bonds. The fourth-order valence-corrected chi connectivity index (χ4v) is 2.95. The summed E-state index contributed by atoms with van der Waals surface area (Å²) in [5.74, 6) is -3.93. The minimum atomic E-state index is -1.48. The molecule has 2 aromatic rings. The van der Waals surface area contributed by atoms with Crippen LogP contribution in [0.15, 0.2) is 24.3 Å². The van der Waals surface area contributed by atoms with E-state index in [2.05, 4.69) is 0 Å². The molecule has 0 saturated carbocycles. The molecule has 106 valence electrons. The first-order valence-corrected chi connectivity index (χ1v) is 6.61. The molecule has 0 heterocycles. The summed E-state index contributed by atoms with van der Waals surface area (Å²) in [5, 5.41) is -0.722. The van der Waals surface area contributed by atoms with Crippen LogP contribution in [0.1, 0.15) is 33.2 Å². The number of rotatable bonds is 2. The largest absolute Gasteiger partial charge is 0.204 e. The van der Waals surface area contributed by atoms with Gasteiger partial charge in [0.05, 0.1) is 5.38 Å². The van der Waals surface area contributed by atoms with Gasteiger partial charge in [-0.25, -0.2) is 13.2 Å². The van der Waals surface area contributed by atoms with Crippen molar-refractivity contribution in [2.24, 2.45) is 0 Å². The van der Waals surface area contributed by atoms with Gasteiger partial charge in [0.2, 0.25) is 0 Å². The van der Waals surface area contributed by atoms with Crippen LogP contribution in [0.2, 0.25) is 0 Å². The zero-order valence-electron chi connectivity index (χ0n) is 11.4. The molecule has 4 heteroatoms. The molecular weight excluding hydrogens is 285 g/mol. The summed E-state index contributed by atoms with van der Waals surface area (Å²) in [5.41, 5.74) is 3.96. The van der Waals surface area contributed by atoms with Crippen molar-refractivity contribution < 1.29 is 13.2 Å². The van der Waals surface area contributed by atoms with Gasteiger partial charge in [0.25, 0.3) is 0 Å². The van der Waals surface area contributed by atoms with Crippen molar-refractivity contribution in [1.29, 1.82) is 0 Å². The van der Waals surface area contributed by atoms with E-state index in [4.69, 9.17) is 11.6 Å². The van der Waals surface area contributed by atoms with Gasteiger partial charge >= 0.3 is 0 Å². The molecule has 0 bridgehead atoms. The molecule has 0 aromatic heterocycles. The Bertz CT molecular complexity index is 619. The Morgan fingerprint density at radius 2 is 1.30 bits per heavy atom. The van der Waals surface area contributed by atoms with E-state index in [0.717, 1.165) is 34.4 Å². The fourth-order valence-electron chi connectivity index (χ4n) is 2.48. The molecule has 0 aliphatic heterocycles. The van der Waals surface area contributed by atoms with Crippen LogP contribution in [0.25, 0.3) is 0 Å². The van der Waals surface area contributed by atoms with Crippen molar-refractivity contribution in [3.8, 4) is 0 Å². The fraction of sp³-hybridized carbons (Fsp3) is 0.250. The number of hydrogen-bond donors (Lipinski definition) is 0. The standard InChI is InChI=1S/C16H14ClF3/c1-8-4-9(2)14(10(3)5-8)15(17)11-6-12(18)16(20)13(19)7-11/h4-7,15H,1-3H3. The molecule has 0 fully saturated rings. The highest BCUT2D eigenvalue weighted by Gasteiger charge is 2.20. The number of hydrogen-bond acceptors (Lipinski definition) is 0. The van der Waals surface area contributed by atoms with E-state index in [0.29, 0.717) is 0 Å². The molecule has 2 rings (SSSR count). The molecule has 20 heavy (non-hydrogen) atoms. The van der Waals surface area contributed by atoms with Gasteiger partial charge in [0, 0.05) is 0 Å². The SMILES string of the molecule is Cc1cc(C)c(C(Cl)c2cc(F)c(F)c(F)c2)c(C)c1. The van der Waals surface area contributed by atoms with E-state index in [1.54, 1.807) is 0 Å². The summed E-state index contributed by atoms with van der Waals surface area (Å²) in [6, 6.07) is 5.78. The number of aryl methyl sites for hydroxylation is 3. The molecule has 1 unspecified atom stereocenters. The van der Waals surface area contributed by atoms with Gasteiger partial charge in [-0.05, 0) is 55.2 Å². The van der Waals surface area contributed by atoms with Crippen LogP contribution in [-0.4, -0.2) is 0 Å². The maximum absolute atomic E-state index is 13.3. The first kappa shape index (κ1) is 14.9. The molecule has 1 atom stereocenters. The van der Waals surface area contributed by atoms with Gasteiger partial charge < -0.3 is 0 Å². The van der Waals surface area contributed by atoms with Crippen molar-refractivity contribution >= 4 is 11.6 Å². The predicted octanol–water partition coefficient (Wildman–Crippen LogP) is 5.36. The third-order valence-corrected chi connectivity index (χ3v) is 3.76. The zero-order valence-corrected chi connectivity index (χ0v) is 12.2. The smallest absolute Gasteiger partial charge is 0.194 e. The third kappa shape index (κ3) is 2.68. The second kappa shape index (κ2) is 5.49. The molecule has 0 aliphatic rings. The topological polar surface area (TPSA) is 0 Å². The Morgan fingerprint density at radius 1 is 0.850 bits per heavy atom. The van der Waals surface area contributed by atoms with Gasteiger partial charge in [-0.3, -0.25) is 0 Å². The Balaban J connectivity index is 2.55. The summed E-state index contributed by atoms with van der Waals surface area (Å²) >= 11 is 6.34.